The molecule has 0 saturated carbocycles. The van der Waals surface area contributed by atoms with Gasteiger partial charge in [0.05, 0.1) is 0 Å². The van der Waals surface area contributed by atoms with Crippen molar-refractivity contribution in [3.8, 4) is 0 Å². The zero-order valence-corrected chi connectivity index (χ0v) is 8.12. The fourth-order valence-electron chi connectivity index (χ4n) is 2.02. The molecule has 0 aliphatic carbocycles. The highest BCUT2D eigenvalue weighted by atomic mass is 15.1. The summed E-state index contributed by atoms with van der Waals surface area (Å²) in [6.45, 7) is 11.2. The Bertz CT molecular complexity index is 122. The summed E-state index contributed by atoms with van der Waals surface area (Å²) in [6, 6.07) is 0. The molecule has 1 aliphatic heterocycles. The molecule has 2 heteroatoms. The van der Waals surface area contributed by atoms with Crippen LogP contribution in [0.1, 0.15) is 34.1 Å². The first-order valence-electron chi connectivity index (χ1n) is 4.37. The predicted octanol–water partition coefficient (Wildman–Crippen LogP) is 1.33. The molecule has 1 saturated heterocycles. The molecule has 0 aromatic heterocycles. The minimum absolute atomic E-state index is 0.285. The topological polar surface area (TPSA) is 24.1 Å². The first-order chi connectivity index (χ1) is 4.91. The number of rotatable bonds is 0. The van der Waals surface area contributed by atoms with Crippen LogP contribution < -0.4 is 10.6 Å². The van der Waals surface area contributed by atoms with Gasteiger partial charge in [-0.2, -0.15) is 0 Å². The first kappa shape index (κ1) is 9.01. The average molecular weight is 156 g/mol. The van der Waals surface area contributed by atoms with Crippen molar-refractivity contribution >= 4 is 0 Å². The lowest BCUT2D eigenvalue weighted by Gasteiger charge is -2.31. The van der Waals surface area contributed by atoms with Crippen LogP contribution in [0.2, 0.25) is 0 Å². The summed E-state index contributed by atoms with van der Waals surface area (Å²) in [7, 11) is 0. The van der Waals surface area contributed by atoms with E-state index in [0.29, 0.717) is 5.41 Å². The molecule has 11 heavy (non-hydrogen) atoms. The minimum atomic E-state index is 0.285. The summed E-state index contributed by atoms with van der Waals surface area (Å²) < 4.78 is 0. The summed E-state index contributed by atoms with van der Waals surface area (Å²) in [5.41, 5.74) is 0.708. The van der Waals surface area contributed by atoms with Crippen LogP contribution in [0.5, 0.6) is 0 Å². The number of hydrogen-bond acceptors (Lipinski definition) is 2. The SMILES string of the molecule is CC1(C)CNCNC(C)(C)C1. The van der Waals surface area contributed by atoms with E-state index in [1.54, 1.807) is 0 Å². The van der Waals surface area contributed by atoms with Crippen LogP contribution in [0.3, 0.4) is 0 Å². The van der Waals surface area contributed by atoms with Gasteiger partial charge in [-0.25, -0.2) is 0 Å². The molecule has 1 heterocycles. The third kappa shape index (κ3) is 2.80. The monoisotopic (exact) mass is 156 g/mol. The smallest absolute Gasteiger partial charge is 0.0458 e. The predicted molar refractivity (Wildman–Crippen MR) is 48.5 cm³/mol. The molecule has 2 N–H and O–H groups in total. The number of nitrogens with one attached hydrogen (secondary N) is 2. The molecule has 0 aromatic carbocycles. The molecule has 0 bridgehead atoms. The van der Waals surface area contributed by atoms with Crippen molar-refractivity contribution in [2.75, 3.05) is 13.2 Å². The lowest BCUT2D eigenvalue weighted by molar-refractivity contribution is 0.258. The summed E-state index contributed by atoms with van der Waals surface area (Å²) in [5.74, 6) is 0. The highest BCUT2D eigenvalue weighted by Crippen LogP contribution is 2.28. The van der Waals surface area contributed by atoms with Gasteiger partial charge in [0, 0.05) is 18.8 Å². The molecule has 0 spiro atoms. The van der Waals surface area contributed by atoms with Gasteiger partial charge in [0.1, 0.15) is 0 Å². The van der Waals surface area contributed by atoms with Crippen LogP contribution in [0.15, 0.2) is 0 Å². The standard InChI is InChI=1S/C9H20N2/c1-8(2)5-9(3,4)11-7-10-6-8/h10-11H,5-7H2,1-4H3. The normalized spacial score (nSPS) is 29.5. The van der Waals surface area contributed by atoms with Crippen molar-refractivity contribution in [3.05, 3.63) is 0 Å². The molecule has 0 unspecified atom stereocenters. The zero-order chi connectivity index (χ0) is 8.54. The van der Waals surface area contributed by atoms with Gasteiger partial charge < -0.3 is 5.32 Å². The molecule has 1 rings (SSSR count). The molecule has 2 nitrogen and oxygen atoms in total. The average Bonchev–Trinajstić information content (AvgIpc) is 1.86. The van der Waals surface area contributed by atoms with Crippen LogP contribution in [0.25, 0.3) is 0 Å². The van der Waals surface area contributed by atoms with Gasteiger partial charge in [-0.15, -0.1) is 0 Å². The molecule has 0 radical (unpaired) electrons. The van der Waals surface area contributed by atoms with Crippen molar-refractivity contribution in [2.24, 2.45) is 5.41 Å². The van der Waals surface area contributed by atoms with Crippen molar-refractivity contribution < 1.29 is 0 Å². The van der Waals surface area contributed by atoms with Crippen molar-refractivity contribution in [2.45, 2.75) is 39.7 Å². The Balaban J connectivity index is 2.62. The summed E-state index contributed by atoms with van der Waals surface area (Å²) in [6.07, 6.45) is 1.23. The number of hydrogen-bond donors (Lipinski definition) is 2. The fraction of sp³-hybridized carbons (Fsp3) is 1.00. The maximum Gasteiger partial charge on any atom is 0.0458 e. The van der Waals surface area contributed by atoms with Gasteiger partial charge in [0.15, 0.2) is 0 Å². The largest absolute Gasteiger partial charge is 0.304 e. The second kappa shape index (κ2) is 2.76. The first-order valence-corrected chi connectivity index (χ1v) is 4.37. The summed E-state index contributed by atoms with van der Waals surface area (Å²) in [4.78, 5) is 0. The molecule has 66 valence electrons. The Morgan fingerprint density at radius 3 is 2.36 bits per heavy atom. The molecular weight excluding hydrogens is 136 g/mol. The third-order valence-electron chi connectivity index (χ3n) is 2.22. The Kier molecular flexibility index (Phi) is 2.26. The molecule has 1 fully saturated rings. The molecule has 0 atom stereocenters. The van der Waals surface area contributed by atoms with E-state index in [1.165, 1.54) is 6.42 Å². The second-order valence-corrected chi connectivity index (χ2v) is 5.01. The van der Waals surface area contributed by atoms with Gasteiger partial charge in [-0.3, -0.25) is 5.32 Å². The zero-order valence-electron chi connectivity index (χ0n) is 8.12. The van der Waals surface area contributed by atoms with Crippen LogP contribution >= 0.6 is 0 Å². The second-order valence-electron chi connectivity index (χ2n) is 5.01. The van der Waals surface area contributed by atoms with E-state index in [-0.39, 0.29) is 5.54 Å². The minimum Gasteiger partial charge on any atom is -0.304 e. The van der Waals surface area contributed by atoms with Crippen LogP contribution in [-0.2, 0) is 0 Å². The molecule has 0 aromatic rings. The Hall–Kier alpha value is -0.0800. The Morgan fingerprint density at radius 1 is 1.09 bits per heavy atom. The lowest BCUT2D eigenvalue weighted by Crippen LogP contribution is -2.41. The van der Waals surface area contributed by atoms with E-state index in [1.807, 2.05) is 0 Å². The quantitative estimate of drug-likeness (QED) is 0.553. The maximum absolute atomic E-state index is 3.47. The van der Waals surface area contributed by atoms with Gasteiger partial charge in [-0.05, 0) is 25.7 Å². The Labute approximate surface area is 69.8 Å². The van der Waals surface area contributed by atoms with E-state index in [0.717, 1.165) is 13.2 Å². The highest BCUT2D eigenvalue weighted by Gasteiger charge is 2.30. The Morgan fingerprint density at radius 2 is 1.73 bits per heavy atom. The van der Waals surface area contributed by atoms with E-state index in [2.05, 4.69) is 38.3 Å². The maximum atomic E-state index is 3.47. The van der Waals surface area contributed by atoms with E-state index >= 15 is 0 Å². The third-order valence-corrected chi connectivity index (χ3v) is 2.22. The van der Waals surface area contributed by atoms with Crippen molar-refractivity contribution in [1.82, 2.24) is 10.6 Å². The highest BCUT2D eigenvalue weighted by molar-refractivity contribution is 4.88. The molecule has 1 aliphatic rings. The summed E-state index contributed by atoms with van der Waals surface area (Å²) >= 11 is 0. The molecular formula is C9H20N2. The van der Waals surface area contributed by atoms with E-state index in [4.69, 9.17) is 0 Å². The van der Waals surface area contributed by atoms with Crippen molar-refractivity contribution in [1.29, 1.82) is 0 Å². The van der Waals surface area contributed by atoms with Gasteiger partial charge in [0.25, 0.3) is 0 Å². The van der Waals surface area contributed by atoms with Crippen LogP contribution in [-0.4, -0.2) is 18.8 Å². The van der Waals surface area contributed by atoms with Gasteiger partial charge >= 0.3 is 0 Å². The summed E-state index contributed by atoms with van der Waals surface area (Å²) in [5, 5.41) is 6.85. The van der Waals surface area contributed by atoms with Crippen LogP contribution in [0, 0.1) is 5.41 Å². The fourth-order valence-corrected chi connectivity index (χ4v) is 2.02. The van der Waals surface area contributed by atoms with Gasteiger partial charge in [-0.1, -0.05) is 13.8 Å². The molecule has 0 amide bonds. The van der Waals surface area contributed by atoms with Crippen LogP contribution in [0.4, 0.5) is 0 Å². The lowest BCUT2D eigenvalue weighted by atomic mass is 9.81. The van der Waals surface area contributed by atoms with Crippen molar-refractivity contribution in [3.63, 3.8) is 0 Å². The van der Waals surface area contributed by atoms with E-state index in [9.17, 15) is 0 Å². The van der Waals surface area contributed by atoms with E-state index < -0.39 is 0 Å². The van der Waals surface area contributed by atoms with Gasteiger partial charge in [0.2, 0.25) is 0 Å².